The third-order valence-electron chi connectivity index (χ3n) is 4.94. The first kappa shape index (κ1) is 16.3. The van der Waals surface area contributed by atoms with E-state index >= 15 is 0 Å². The zero-order valence-electron chi connectivity index (χ0n) is 12.5. The van der Waals surface area contributed by atoms with Crippen molar-refractivity contribution in [2.75, 3.05) is 0 Å². The van der Waals surface area contributed by atoms with Crippen LogP contribution in [0.15, 0.2) is 17.0 Å². The summed E-state index contributed by atoms with van der Waals surface area (Å²) < 4.78 is 54.7. The Morgan fingerprint density at radius 3 is 2.14 bits per heavy atom. The van der Waals surface area contributed by atoms with Gasteiger partial charge in [-0.1, -0.05) is 27.7 Å². The lowest BCUT2D eigenvalue weighted by Crippen LogP contribution is -2.31. The molecule has 1 aromatic rings. The fraction of sp³-hybridized carbons (Fsp3) is 0.571. The highest BCUT2D eigenvalue weighted by atomic mass is 32.2. The summed E-state index contributed by atoms with van der Waals surface area (Å²) in [6.07, 6.45) is 0. The molecule has 0 amide bonds. The summed E-state index contributed by atoms with van der Waals surface area (Å²) in [5.41, 5.74) is 4.39. The monoisotopic (exact) mass is 318 g/mol. The van der Waals surface area contributed by atoms with Crippen molar-refractivity contribution in [3.05, 3.63) is 29.3 Å². The molecule has 21 heavy (non-hydrogen) atoms. The van der Waals surface area contributed by atoms with Crippen LogP contribution in [0.2, 0.25) is 0 Å². The van der Waals surface area contributed by atoms with Crippen LogP contribution in [0.5, 0.6) is 0 Å². The zero-order valence-corrected chi connectivity index (χ0v) is 13.3. The van der Waals surface area contributed by atoms with E-state index in [1.54, 1.807) is 0 Å². The number of nitrogens with one attached hydrogen (secondary N) is 1. The summed E-state index contributed by atoms with van der Waals surface area (Å²) in [5.74, 6) is -1.97. The van der Waals surface area contributed by atoms with Crippen LogP contribution in [-0.4, -0.2) is 14.5 Å². The molecule has 0 aromatic heterocycles. The van der Waals surface area contributed by atoms with E-state index in [-0.39, 0.29) is 16.9 Å². The van der Waals surface area contributed by atoms with Crippen LogP contribution in [-0.2, 0) is 16.6 Å². The van der Waals surface area contributed by atoms with Gasteiger partial charge in [-0.05, 0) is 23.0 Å². The minimum Gasteiger partial charge on any atom is -0.326 e. The van der Waals surface area contributed by atoms with Crippen molar-refractivity contribution in [1.82, 2.24) is 4.72 Å². The van der Waals surface area contributed by atoms with E-state index in [0.29, 0.717) is 0 Å². The van der Waals surface area contributed by atoms with Gasteiger partial charge in [0.1, 0.15) is 10.7 Å². The molecule has 0 bridgehead atoms. The molecule has 0 aliphatic heterocycles. The van der Waals surface area contributed by atoms with Crippen molar-refractivity contribution in [2.45, 2.75) is 45.2 Å². The second kappa shape index (κ2) is 4.72. The van der Waals surface area contributed by atoms with Crippen molar-refractivity contribution in [3.8, 4) is 0 Å². The van der Waals surface area contributed by atoms with Gasteiger partial charge in [-0.25, -0.2) is 21.9 Å². The highest BCUT2D eigenvalue weighted by Gasteiger charge is 2.66. The number of hydrogen-bond donors (Lipinski definition) is 2. The van der Waals surface area contributed by atoms with Crippen molar-refractivity contribution >= 4 is 10.0 Å². The summed E-state index contributed by atoms with van der Waals surface area (Å²) in [6, 6.07) is 1.54. The number of hydrogen-bond acceptors (Lipinski definition) is 3. The third kappa shape index (κ3) is 2.37. The van der Waals surface area contributed by atoms with Gasteiger partial charge in [0, 0.05) is 18.2 Å². The van der Waals surface area contributed by atoms with E-state index in [0.717, 1.165) is 12.1 Å². The fourth-order valence-corrected chi connectivity index (χ4v) is 4.31. The first-order chi connectivity index (χ1) is 9.46. The molecule has 1 aliphatic carbocycles. The largest absolute Gasteiger partial charge is 0.326 e. The summed E-state index contributed by atoms with van der Waals surface area (Å²) in [6.45, 7) is 7.35. The summed E-state index contributed by atoms with van der Waals surface area (Å²) in [7, 11) is -4.07. The van der Waals surface area contributed by atoms with Crippen LogP contribution in [0.1, 0.15) is 33.3 Å². The molecule has 1 fully saturated rings. The fourth-order valence-electron chi connectivity index (χ4n) is 2.68. The standard InChI is InChI=1S/C14H20F2N2O2S/c1-13(2)12(14(13,3)4)18-21(19,20)10-6-5-9(15)8(7-17)11(10)16/h5-6,12,18H,7,17H2,1-4H3. The molecular weight excluding hydrogens is 298 g/mol. The van der Waals surface area contributed by atoms with Gasteiger partial charge in [-0.15, -0.1) is 0 Å². The van der Waals surface area contributed by atoms with Crippen molar-refractivity contribution in [1.29, 1.82) is 0 Å². The average molecular weight is 318 g/mol. The summed E-state index contributed by atoms with van der Waals surface area (Å²) in [4.78, 5) is -0.567. The highest BCUT2D eigenvalue weighted by molar-refractivity contribution is 7.89. The van der Waals surface area contributed by atoms with Gasteiger partial charge in [0.2, 0.25) is 10.0 Å². The van der Waals surface area contributed by atoms with Gasteiger partial charge in [-0.3, -0.25) is 0 Å². The Balaban J connectivity index is 2.39. The van der Waals surface area contributed by atoms with E-state index in [2.05, 4.69) is 4.72 Å². The van der Waals surface area contributed by atoms with Crippen molar-refractivity contribution in [3.63, 3.8) is 0 Å². The summed E-state index contributed by atoms with van der Waals surface area (Å²) >= 11 is 0. The maximum Gasteiger partial charge on any atom is 0.243 e. The zero-order chi connectivity index (χ0) is 16.2. The van der Waals surface area contributed by atoms with Gasteiger partial charge >= 0.3 is 0 Å². The molecule has 0 radical (unpaired) electrons. The molecule has 0 heterocycles. The molecule has 0 atom stereocenters. The topological polar surface area (TPSA) is 72.2 Å². The number of halogens is 2. The van der Waals surface area contributed by atoms with E-state index in [1.807, 2.05) is 27.7 Å². The first-order valence-corrected chi connectivity index (χ1v) is 8.14. The molecule has 1 aromatic carbocycles. The normalized spacial score (nSPS) is 20.5. The van der Waals surface area contributed by atoms with Gasteiger partial charge < -0.3 is 5.73 Å². The molecule has 0 saturated heterocycles. The minimum absolute atomic E-state index is 0.229. The SMILES string of the molecule is CC1(C)C(NS(=O)(=O)c2ccc(F)c(CN)c2F)C1(C)C. The molecule has 1 saturated carbocycles. The summed E-state index contributed by atoms with van der Waals surface area (Å²) in [5, 5.41) is 0. The lowest BCUT2D eigenvalue weighted by Gasteiger charge is -2.11. The van der Waals surface area contributed by atoms with Crippen LogP contribution >= 0.6 is 0 Å². The molecule has 0 spiro atoms. The average Bonchev–Trinajstić information content (AvgIpc) is 2.71. The van der Waals surface area contributed by atoms with E-state index in [9.17, 15) is 17.2 Å². The van der Waals surface area contributed by atoms with Crippen molar-refractivity contribution in [2.24, 2.45) is 16.6 Å². The Hall–Kier alpha value is -1.05. The lowest BCUT2D eigenvalue weighted by atomic mass is 10.0. The molecule has 1 aliphatic rings. The maximum absolute atomic E-state index is 14.1. The van der Waals surface area contributed by atoms with Crippen LogP contribution < -0.4 is 10.5 Å². The lowest BCUT2D eigenvalue weighted by molar-refractivity contribution is 0.457. The minimum atomic E-state index is -4.07. The van der Waals surface area contributed by atoms with Crippen LogP contribution in [0.25, 0.3) is 0 Å². The van der Waals surface area contributed by atoms with Crippen LogP contribution in [0, 0.1) is 22.5 Å². The Kier molecular flexibility index (Phi) is 3.67. The third-order valence-corrected chi connectivity index (χ3v) is 6.38. The van der Waals surface area contributed by atoms with Crippen LogP contribution in [0.3, 0.4) is 0 Å². The molecule has 0 unspecified atom stereocenters. The molecule has 7 heteroatoms. The van der Waals surface area contributed by atoms with E-state index in [4.69, 9.17) is 5.73 Å². The van der Waals surface area contributed by atoms with Gasteiger partial charge in [0.05, 0.1) is 0 Å². The second-order valence-electron chi connectivity index (χ2n) is 6.54. The number of nitrogens with two attached hydrogens (primary N) is 1. The second-order valence-corrected chi connectivity index (χ2v) is 8.22. The Labute approximate surface area is 123 Å². The molecule has 3 N–H and O–H groups in total. The quantitative estimate of drug-likeness (QED) is 0.893. The number of sulfonamides is 1. The highest BCUT2D eigenvalue weighted by Crippen LogP contribution is 2.62. The Bertz CT molecular complexity index is 670. The van der Waals surface area contributed by atoms with E-state index in [1.165, 1.54) is 0 Å². The maximum atomic E-state index is 14.1. The number of benzene rings is 1. The smallest absolute Gasteiger partial charge is 0.243 e. The molecular formula is C14H20F2N2O2S. The first-order valence-electron chi connectivity index (χ1n) is 6.66. The Morgan fingerprint density at radius 1 is 1.19 bits per heavy atom. The van der Waals surface area contributed by atoms with Crippen molar-refractivity contribution < 1.29 is 17.2 Å². The Morgan fingerprint density at radius 2 is 1.71 bits per heavy atom. The van der Waals surface area contributed by atoms with Gasteiger partial charge in [0.15, 0.2) is 5.82 Å². The molecule has 2 rings (SSSR count). The predicted molar refractivity (Wildman–Crippen MR) is 75.9 cm³/mol. The van der Waals surface area contributed by atoms with Crippen LogP contribution in [0.4, 0.5) is 8.78 Å². The van der Waals surface area contributed by atoms with Gasteiger partial charge in [-0.2, -0.15) is 0 Å². The molecule has 4 nitrogen and oxygen atoms in total. The number of rotatable bonds is 4. The van der Waals surface area contributed by atoms with Gasteiger partial charge in [0.25, 0.3) is 0 Å². The molecule has 118 valence electrons. The predicted octanol–water partition coefficient (Wildman–Crippen LogP) is 2.14. The van der Waals surface area contributed by atoms with E-state index < -0.39 is 38.7 Å².